The quantitative estimate of drug-likeness (QED) is 0.196. The van der Waals surface area contributed by atoms with E-state index in [9.17, 15) is 5.11 Å². The second-order valence-corrected chi connectivity index (χ2v) is 9.24. The molecule has 6 rings (SSSR count). The van der Waals surface area contributed by atoms with Crippen LogP contribution >= 0.6 is 0 Å². The molecule has 3 heterocycles. The Kier molecular flexibility index (Phi) is 7.51. The van der Waals surface area contributed by atoms with Crippen LogP contribution < -0.4 is 9.47 Å². The summed E-state index contributed by atoms with van der Waals surface area (Å²) in [5.41, 5.74) is 6.53. The first-order valence-electron chi connectivity index (χ1n) is 12.3. The molecular weight excluding hydrogens is 669 g/mol. The van der Waals surface area contributed by atoms with Crippen molar-refractivity contribution < 1.29 is 35.6 Å². The van der Waals surface area contributed by atoms with Gasteiger partial charge < -0.3 is 19.1 Å². The van der Waals surface area contributed by atoms with Gasteiger partial charge >= 0.3 is 21.1 Å². The Hall–Kier alpha value is -3.99. The predicted octanol–water partition coefficient (Wildman–Crippen LogP) is 6.75. The first-order chi connectivity index (χ1) is 18.5. The van der Waals surface area contributed by atoms with Crippen LogP contribution in [0.2, 0.25) is 0 Å². The van der Waals surface area contributed by atoms with Crippen LogP contribution in [0.25, 0.3) is 38.8 Å². The van der Waals surface area contributed by atoms with Gasteiger partial charge in [-0.1, -0.05) is 29.1 Å². The molecule has 6 aromatic rings. The van der Waals surface area contributed by atoms with Crippen molar-refractivity contribution in [1.82, 2.24) is 14.5 Å². The van der Waals surface area contributed by atoms with E-state index < -0.39 is 0 Å². The summed E-state index contributed by atoms with van der Waals surface area (Å²) < 4.78 is 13.7. The van der Waals surface area contributed by atoms with Gasteiger partial charge in [0.1, 0.15) is 5.82 Å². The molecule has 0 radical (unpaired) electrons. The SMILES string of the molecule is COc1cc(Oc2cc(C)ccn2)[c-]c(-c2[c-]c3c(cc2)c2cc(C)ccc2n3-c2cc(CO)ccn2)c1.[Pt+2]. The second-order valence-electron chi connectivity index (χ2n) is 9.24. The van der Waals surface area contributed by atoms with Gasteiger partial charge in [0.2, 0.25) is 5.88 Å². The molecule has 0 fully saturated rings. The van der Waals surface area contributed by atoms with E-state index in [4.69, 9.17) is 9.47 Å². The average molecular weight is 695 g/mol. The molecular formula is C32H25N3O3Pt. The van der Waals surface area contributed by atoms with E-state index in [0.717, 1.165) is 49.9 Å². The molecule has 0 amide bonds. The maximum atomic E-state index is 9.73. The van der Waals surface area contributed by atoms with Crippen molar-refractivity contribution >= 4 is 21.8 Å². The zero-order chi connectivity index (χ0) is 26.2. The smallest absolute Gasteiger partial charge is 0.517 e. The van der Waals surface area contributed by atoms with Crippen molar-refractivity contribution in [3.63, 3.8) is 0 Å². The molecule has 0 aliphatic heterocycles. The van der Waals surface area contributed by atoms with Gasteiger partial charge in [0, 0.05) is 35.5 Å². The van der Waals surface area contributed by atoms with E-state index in [0.29, 0.717) is 17.4 Å². The van der Waals surface area contributed by atoms with Gasteiger partial charge in [0.05, 0.1) is 13.7 Å². The molecule has 0 atom stereocenters. The van der Waals surface area contributed by atoms with Crippen molar-refractivity contribution in [2.45, 2.75) is 20.5 Å². The van der Waals surface area contributed by atoms with Gasteiger partial charge in [-0.25, -0.2) is 21.1 Å². The number of hydrogen-bond acceptors (Lipinski definition) is 5. The number of nitrogens with zero attached hydrogens (tertiary/aromatic N) is 3. The third-order valence-corrected chi connectivity index (χ3v) is 6.50. The third kappa shape index (κ3) is 5.18. The fourth-order valence-corrected chi connectivity index (χ4v) is 4.65. The van der Waals surface area contributed by atoms with Crippen molar-refractivity contribution in [2.24, 2.45) is 0 Å². The minimum Gasteiger partial charge on any atom is -0.517 e. The zero-order valence-corrected chi connectivity index (χ0v) is 23.9. The number of fused-ring (bicyclic) bond motifs is 3. The van der Waals surface area contributed by atoms with Crippen LogP contribution in [-0.2, 0) is 27.7 Å². The summed E-state index contributed by atoms with van der Waals surface area (Å²) in [4.78, 5) is 8.93. The molecule has 0 aliphatic carbocycles. The molecule has 6 nitrogen and oxygen atoms in total. The van der Waals surface area contributed by atoms with Crippen molar-refractivity contribution in [2.75, 3.05) is 7.11 Å². The molecule has 0 saturated heterocycles. The van der Waals surface area contributed by atoms with Crippen LogP contribution in [0.3, 0.4) is 0 Å². The molecule has 7 heteroatoms. The molecule has 0 saturated carbocycles. The average Bonchev–Trinajstić information content (AvgIpc) is 3.25. The molecule has 3 aromatic carbocycles. The maximum Gasteiger partial charge on any atom is 2.00 e. The number of rotatable bonds is 6. The van der Waals surface area contributed by atoms with Crippen LogP contribution in [0.5, 0.6) is 17.4 Å². The second kappa shape index (κ2) is 11.0. The minimum atomic E-state index is -0.0575. The number of aliphatic hydroxyl groups excluding tert-OH is 1. The molecule has 0 bridgehead atoms. The van der Waals surface area contributed by atoms with Gasteiger partial charge in [0.25, 0.3) is 0 Å². The van der Waals surface area contributed by atoms with Crippen molar-refractivity contribution in [3.05, 3.63) is 108 Å². The number of aliphatic hydroxyl groups is 1. The topological polar surface area (TPSA) is 69.4 Å². The Morgan fingerprint density at radius 3 is 2.44 bits per heavy atom. The van der Waals surface area contributed by atoms with E-state index in [1.54, 1.807) is 25.6 Å². The number of methoxy groups -OCH3 is 1. The van der Waals surface area contributed by atoms with Crippen molar-refractivity contribution in [3.8, 4) is 34.3 Å². The Bertz CT molecular complexity index is 1810. The molecule has 3 aromatic heterocycles. The number of benzene rings is 3. The van der Waals surface area contributed by atoms with Crippen LogP contribution in [0.15, 0.2) is 79.1 Å². The number of pyridine rings is 2. The summed E-state index contributed by atoms with van der Waals surface area (Å²) in [5, 5.41) is 11.9. The van der Waals surface area contributed by atoms with E-state index in [1.807, 2.05) is 43.3 Å². The molecule has 196 valence electrons. The molecule has 0 aliphatic rings. The summed E-state index contributed by atoms with van der Waals surface area (Å²) in [6.45, 7) is 4.02. The van der Waals surface area contributed by atoms with Crippen LogP contribution in [-0.4, -0.2) is 26.8 Å². The van der Waals surface area contributed by atoms with Gasteiger partial charge in [-0.3, -0.25) is 0 Å². The van der Waals surface area contributed by atoms with Crippen LogP contribution in [0, 0.1) is 26.0 Å². The van der Waals surface area contributed by atoms with Crippen molar-refractivity contribution in [1.29, 1.82) is 0 Å². The van der Waals surface area contributed by atoms with E-state index in [1.165, 1.54) is 5.56 Å². The number of aryl methyl sites for hydroxylation is 2. The van der Waals surface area contributed by atoms with Gasteiger partial charge in [-0.2, -0.15) is 12.1 Å². The first-order valence-corrected chi connectivity index (χ1v) is 12.3. The summed E-state index contributed by atoms with van der Waals surface area (Å²) in [7, 11) is 1.63. The Morgan fingerprint density at radius 2 is 1.64 bits per heavy atom. The van der Waals surface area contributed by atoms with Gasteiger partial charge in [0.15, 0.2) is 0 Å². The first kappa shape index (κ1) is 26.6. The summed E-state index contributed by atoms with van der Waals surface area (Å²) in [6, 6.07) is 28.7. The zero-order valence-electron chi connectivity index (χ0n) is 21.6. The monoisotopic (exact) mass is 694 g/mol. The fourth-order valence-electron chi connectivity index (χ4n) is 4.65. The maximum absolute atomic E-state index is 9.73. The number of ether oxygens (including phenoxy) is 2. The predicted molar refractivity (Wildman–Crippen MR) is 148 cm³/mol. The normalized spacial score (nSPS) is 11.0. The number of hydrogen-bond donors (Lipinski definition) is 1. The van der Waals surface area contributed by atoms with Crippen LogP contribution in [0.1, 0.15) is 16.7 Å². The Labute approximate surface area is 241 Å². The van der Waals surface area contributed by atoms with E-state index >= 15 is 0 Å². The minimum absolute atomic E-state index is 0. The Morgan fingerprint density at radius 1 is 0.821 bits per heavy atom. The molecule has 0 unspecified atom stereocenters. The largest absolute Gasteiger partial charge is 2.00 e. The summed E-state index contributed by atoms with van der Waals surface area (Å²) in [6.07, 6.45) is 3.43. The molecule has 1 N–H and O–H groups in total. The van der Waals surface area contributed by atoms with Gasteiger partial charge in [-0.05, 0) is 60.1 Å². The molecule has 39 heavy (non-hydrogen) atoms. The van der Waals surface area contributed by atoms with Gasteiger partial charge in [-0.15, -0.1) is 18.2 Å². The number of aromatic nitrogens is 3. The van der Waals surface area contributed by atoms with E-state index in [-0.39, 0.29) is 27.7 Å². The standard InChI is InChI=1S/C32H25N3O3.Pt/c1-20-4-7-29-28(12-20)27-6-5-23(17-30(27)35(29)31-14-22(19-36)9-11-33-31)24-15-25(37-3)18-26(16-24)38-32-13-21(2)8-10-34-32;/h4-15,18,36H,19H2,1-3H3;/q-2;+2. The van der Waals surface area contributed by atoms with E-state index in [2.05, 4.69) is 57.9 Å². The fraction of sp³-hybridized carbons (Fsp3) is 0.125. The van der Waals surface area contributed by atoms with Crippen LogP contribution in [0.4, 0.5) is 0 Å². The third-order valence-electron chi connectivity index (χ3n) is 6.50. The summed E-state index contributed by atoms with van der Waals surface area (Å²) >= 11 is 0. The Balaban J connectivity index is 0.00000308. The molecule has 0 spiro atoms. The summed E-state index contributed by atoms with van der Waals surface area (Å²) in [5.74, 6) is 2.35.